The third kappa shape index (κ3) is 5.29. The molecule has 3 aromatic heterocycles. The third-order valence-electron chi connectivity index (χ3n) is 6.14. The van der Waals surface area contributed by atoms with Crippen molar-refractivity contribution < 1.29 is 31.1 Å². The minimum Gasteiger partial charge on any atom is -0.417 e. The Labute approximate surface area is 199 Å². The minimum atomic E-state index is -3.13. The van der Waals surface area contributed by atoms with Gasteiger partial charge >= 0.3 is 6.61 Å². The smallest absolute Gasteiger partial charge is 0.388 e. The minimum absolute atomic E-state index is 0.0414. The number of carbonyl (C=O) groups is 1. The van der Waals surface area contributed by atoms with Crippen molar-refractivity contribution in [3.63, 3.8) is 0 Å². The average molecular weight is 512 g/mol. The van der Waals surface area contributed by atoms with Crippen molar-refractivity contribution in [3.05, 3.63) is 29.8 Å². The number of nitrogens with zero attached hydrogens (tertiary/aromatic N) is 5. The van der Waals surface area contributed by atoms with Crippen LogP contribution in [0.2, 0.25) is 0 Å². The molecule has 9 nitrogen and oxygen atoms in total. The number of carbonyl (C=O) groups excluding carboxylic acids is 1. The largest absolute Gasteiger partial charge is 0.417 e. The molecule has 0 N–H and O–H groups in total. The fraction of sp³-hybridized carbons (Fsp3) is 0.500. The van der Waals surface area contributed by atoms with Gasteiger partial charge in [0.15, 0.2) is 11.6 Å². The number of Topliss-reactive ketones (excluding diaryl/α,β-unsaturated/α-hetero) is 1. The van der Waals surface area contributed by atoms with Gasteiger partial charge in [-0.3, -0.25) is 9.48 Å². The van der Waals surface area contributed by atoms with Crippen LogP contribution in [0.1, 0.15) is 56.6 Å². The highest BCUT2D eigenvalue weighted by molar-refractivity contribution is 7.91. The SMILES string of the molecule is CC(C)n1nc(-c2cc(OC(F)F)ncc2F)c2nnc(C(=O)CC3(C)CCS(=O)(=O)CC3)cc21. The van der Waals surface area contributed by atoms with E-state index in [0.717, 1.165) is 12.3 Å². The van der Waals surface area contributed by atoms with E-state index in [-0.39, 0.29) is 52.2 Å². The van der Waals surface area contributed by atoms with Crippen LogP contribution in [0.5, 0.6) is 5.88 Å². The number of hydrogen-bond acceptors (Lipinski definition) is 8. The molecule has 188 valence electrons. The molecule has 4 heterocycles. The van der Waals surface area contributed by atoms with Gasteiger partial charge < -0.3 is 4.74 Å². The molecular formula is C22H24F3N5O4S. The lowest BCUT2D eigenvalue weighted by Gasteiger charge is -2.32. The molecule has 0 amide bonds. The molecule has 1 fully saturated rings. The van der Waals surface area contributed by atoms with Gasteiger partial charge in [-0.1, -0.05) is 6.92 Å². The number of pyridine rings is 1. The lowest BCUT2D eigenvalue weighted by Crippen LogP contribution is -2.33. The maximum atomic E-state index is 14.6. The lowest BCUT2D eigenvalue weighted by molar-refractivity contribution is -0.0528. The highest BCUT2D eigenvalue weighted by Gasteiger charge is 2.35. The molecule has 0 radical (unpaired) electrons. The van der Waals surface area contributed by atoms with Crippen molar-refractivity contribution in [2.75, 3.05) is 11.5 Å². The number of fused-ring (bicyclic) bond motifs is 1. The monoisotopic (exact) mass is 511 g/mol. The Bertz CT molecular complexity index is 1380. The van der Waals surface area contributed by atoms with Gasteiger partial charge in [0, 0.05) is 24.1 Å². The number of halogens is 3. The summed E-state index contributed by atoms with van der Waals surface area (Å²) in [6.45, 7) is 2.41. The van der Waals surface area contributed by atoms with E-state index in [9.17, 15) is 26.4 Å². The summed E-state index contributed by atoms with van der Waals surface area (Å²) in [7, 11) is -3.07. The molecule has 0 aliphatic carbocycles. The second-order valence-electron chi connectivity index (χ2n) is 9.29. The molecule has 13 heteroatoms. The van der Waals surface area contributed by atoms with E-state index in [1.54, 1.807) is 4.68 Å². The van der Waals surface area contributed by atoms with Crippen molar-refractivity contribution in [2.45, 2.75) is 52.7 Å². The molecule has 0 unspecified atom stereocenters. The molecule has 35 heavy (non-hydrogen) atoms. The summed E-state index contributed by atoms with van der Waals surface area (Å²) in [4.78, 5) is 16.5. The van der Waals surface area contributed by atoms with E-state index < -0.39 is 33.6 Å². The van der Waals surface area contributed by atoms with Crippen molar-refractivity contribution in [1.29, 1.82) is 0 Å². The van der Waals surface area contributed by atoms with Gasteiger partial charge in [-0.25, -0.2) is 17.8 Å². The summed E-state index contributed by atoms with van der Waals surface area (Å²) < 4.78 is 69.2. The first-order chi connectivity index (χ1) is 16.4. The molecule has 4 rings (SSSR count). The normalized spacial score (nSPS) is 17.3. The van der Waals surface area contributed by atoms with E-state index >= 15 is 0 Å². The van der Waals surface area contributed by atoms with Gasteiger partial charge in [0.1, 0.15) is 26.7 Å². The van der Waals surface area contributed by atoms with E-state index in [0.29, 0.717) is 18.4 Å². The van der Waals surface area contributed by atoms with Crippen LogP contribution >= 0.6 is 0 Å². The Balaban J connectivity index is 1.71. The first kappa shape index (κ1) is 25.0. The Morgan fingerprint density at radius 1 is 1.20 bits per heavy atom. The maximum Gasteiger partial charge on any atom is 0.388 e. The fourth-order valence-corrected chi connectivity index (χ4v) is 5.90. The Morgan fingerprint density at radius 2 is 1.89 bits per heavy atom. The quantitative estimate of drug-likeness (QED) is 0.437. The summed E-state index contributed by atoms with van der Waals surface area (Å²) in [6.07, 6.45) is 1.63. The Hall–Kier alpha value is -3.09. The van der Waals surface area contributed by atoms with Crippen LogP contribution in [-0.4, -0.2) is 57.3 Å². The molecule has 0 spiro atoms. The number of sulfone groups is 1. The van der Waals surface area contributed by atoms with Crippen molar-refractivity contribution in [2.24, 2.45) is 5.41 Å². The standard InChI is InChI=1S/C22H24F3N5O4S/c1-12(2)30-16-9-15(17(31)10-22(3)4-6-35(32,33)7-5-22)27-28-20(16)19(29-30)13-8-18(34-21(24)25)26-11-14(13)23/h8-9,11-12,21H,4-7,10H2,1-3H3. The number of ketones is 1. The van der Waals surface area contributed by atoms with E-state index in [2.05, 4.69) is 25.0 Å². The average Bonchev–Trinajstić information content (AvgIpc) is 3.16. The lowest BCUT2D eigenvalue weighted by atomic mass is 9.79. The summed E-state index contributed by atoms with van der Waals surface area (Å²) in [5, 5.41) is 12.6. The van der Waals surface area contributed by atoms with Gasteiger partial charge in [-0.05, 0) is 38.2 Å². The third-order valence-corrected chi connectivity index (χ3v) is 7.80. The Morgan fingerprint density at radius 3 is 2.51 bits per heavy atom. The molecule has 1 aliphatic heterocycles. The second kappa shape index (κ2) is 9.17. The predicted octanol–water partition coefficient (Wildman–Crippen LogP) is 4.00. The molecule has 0 bridgehead atoms. The zero-order chi connectivity index (χ0) is 25.5. The van der Waals surface area contributed by atoms with Crippen molar-refractivity contribution >= 4 is 26.7 Å². The Kier molecular flexibility index (Phi) is 6.56. The molecular weight excluding hydrogens is 487 g/mol. The van der Waals surface area contributed by atoms with Crippen LogP contribution in [0, 0.1) is 11.2 Å². The molecule has 1 aliphatic rings. The second-order valence-corrected chi connectivity index (χ2v) is 11.6. The number of hydrogen-bond donors (Lipinski definition) is 0. The molecule has 1 saturated heterocycles. The van der Waals surface area contributed by atoms with Gasteiger partial charge in [-0.15, -0.1) is 10.2 Å². The molecule has 0 atom stereocenters. The number of ether oxygens (including phenoxy) is 1. The van der Waals surface area contributed by atoms with E-state index in [4.69, 9.17) is 0 Å². The summed E-state index contributed by atoms with van der Waals surface area (Å²) in [6, 6.07) is 2.31. The van der Waals surface area contributed by atoms with Crippen LogP contribution in [0.4, 0.5) is 13.2 Å². The molecule has 3 aromatic rings. The van der Waals surface area contributed by atoms with Gasteiger partial charge in [0.05, 0.1) is 23.2 Å². The van der Waals surface area contributed by atoms with Crippen LogP contribution in [0.3, 0.4) is 0 Å². The first-order valence-corrected chi connectivity index (χ1v) is 12.8. The van der Waals surface area contributed by atoms with Gasteiger partial charge in [-0.2, -0.15) is 13.9 Å². The van der Waals surface area contributed by atoms with Crippen molar-refractivity contribution in [3.8, 4) is 17.1 Å². The van der Waals surface area contributed by atoms with Crippen LogP contribution < -0.4 is 4.74 Å². The number of alkyl halides is 2. The van der Waals surface area contributed by atoms with E-state index in [1.165, 1.54) is 6.07 Å². The van der Waals surface area contributed by atoms with Crippen molar-refractivity contribution in [1.82, 2.24) is 25.0 Å². The zero-order valence-corrected chi connectivity index (χ0v) is 20.1. The summed E-state index contributed by atoms with van der Waals surface area (Å²) in [5.41, 5.74) is 0.102. The zero-order valence-electron chi connectivity index (χ0n) is 19.3. The number of aromatic nitrogens is 5. The molecule has 0 aromatic carbocycles. The van der Waals surface area contributed by atoms with Gasteiger partial charge in [0.2, 0.25) is 5.88 Å². The first-order valence-electron chi connectivity index (χ1n) is 11.0. The highest BCUT2D eigenvalue weighted by atomic mass is 32.2. The van der Waals surface area contributed by atoms with Gasteiger partial charge in [0.25, 0.3) is 0 Å². The van der Waals surface area contributed by atoms with Crippen LogP contribution in [0.15, 0.2) is 18.3 Å². The van der Waals surface area contributed by atoms with E-state index in [1.807, 2.05) is 20.8 Å². The van der Waals surface area contributed by atoms with Crippen LogP contribution in [0.25, 0.3) is 22.3 Å². The topological polar surface area (TPSA) is 117 Å². The summed E-state index contributed by atoms with van der Waals surface area (Å²) >= 11 is 0. The number of rotatable bonds is 7. The summed E-state index contributed by atoms with van der Waals surface area (Å²) in [5.74, 6) is -1.50. The van der Waals surface area contributed by atoms with Crippen LogP contribution in [-0.2, 0) is 9.84 Å². The fourth-order valence-electron chi connectivity index (χ4n) is 4.09. The maximum absolute atomic E-state index is 14.6. The highest BCUT2D eigenvalue weighted by Crippen LogP contribution is 2.37. The predicted molar refractivity (Wildman–Crippen MR) is 120 cm³/mol. The molecule has 0 saturated carbocycles.